The van der Waals surface area contributed by atoms with E-state index in [1.807, 2.05) is 27.8 Å². The molecule has 4 rings (SSSR count). The molecule has 0 bridgehead atoms. The Morgan fingerprint density at radius 3 is 2.68 bits per heavy atom. The Balaban J connectivity index is 1.39. The Bertz CT molecular complexity index is 1370. The number of para-hydroxylation sites is 1. The number of aromatic amines is 1. The average molecular weight is 710 g/mol. The number of carbonyl (C=O) groups is 1. The van der Waals surface area contributed by atoms with Gasteiger partial charge in [0, 0.05) is 51.7 Å². The Hall–Kier alpha value is -2.27. The predicted octanol–water partition coefficient (Wildman–Crippen LogP) is 2.32. The number of benzene rings is 1. The first-order valence-electron chi connectivity index (χ1n) is 13.0. The number of rotatable bonds is 11. The molecule has 0 amide bonds. The summed E-state index contributed by atoms with van der Waals surface area (Å²) in [6.07, 6.45) is 1.79. The summed E-state index contributed by atoms with van der Waals surface area (Å²) in [6, 6.07) is 6.72. The summed E-state index contributed by atoms with van der Waals surface area (Å²) in [6.45, 7) is -0.104. The molecule has 1 saturated carbocycles. The van der Waals surface area contributed by atoms with E-state index in [-0.39, 0.29) is 18.3 Å². The van der Waals surface area contributed by atoms with E-state index in [2.05, 4.69) is 3.53 Å². The van der Waals surface area contributed by atoms with Gasteiger partial charge in [-0.25, -0.2) is 17.2 Å². The summed E-state index contributed by atoms with van der Waals surface area (Å²) in [7, 11) is -3.03. The highest BCUT2D eigenvalue weighted by Crippen LogP contribution is 2.46. The fraction of sp³-hybridized carbons (Fsp3) is 0.560. The lowest BCUT2D eigenvalue weighted by atomic mass is 9.95. The first-order valence-corrected chi connectivity index (χ1v) is 15.1. The standard InChI is InChI=1S/C25H30FIN3O10P/c1-24(35)21(33)25(26,39-22(24)30-12-11-19(31)28-23(30)34)14-37-41(36)40-18-10-6-5-7-15(18)13-17(29-27)20(32)38-16-8-3-2-4-9-16/h5-7,10-12,16-17,21-22,29,33,35H,2-4,8-9,13-14H2,1H3/p+1/t17-,21+,22-,24-,25-/m1/s1. The van der Waals surface area contributed by atoms with Crippen LogP contribution in [0, 0.1) is 0 Å². The van der Waals surface area contributed by atoms with Crippen LogP contribution in [-0.4, -0.2) is 62.0 Å². The number of aliphatic hydroxyl groups is 2. The van der Waals surface area contributed by atoms with Crippen LogP contribution in [0.5, 0.6) is 5.75 Å². The molecule has 2 aliphatic rings. The molecule has 1 aliphatic carbocycles. The van der Waals surface area contributed by atoms with E-state index in [9.17, 15) is 29.2 Å². The van der Waals surface area contributed by atoms with Crippen molar-refractivity contribution in [3.63, 3.8) is 0 Å². The molecule has 1 saturated heterocycles. The number of alkyl halides is 1. The lowest BCUT2D eigenvalue weighted by molar-refractivity contribution is -0.203. The van der Waals surface area contributed by atoms with E-state index >= 15 is 4.39 Å². The molecule has 2 fully saturated rings. The molecule has 13 nitrogen and oxygen atoms in total. The maximum atomic E-state index is 15.6. The van der Waals surface area contributed by atoms with Crippen LogP contribution in [0.15, 0.2) is 46.1 Å². The number of halogens is 2. The molecule has 2 aromatic rings. The van der Waals surface area contributed by atoms with E-state index in [4.69, 9.17) is 18.5 Å². The minimum Gasteiger partial charge on any atom is -0.461 e. The molecular formula is C25H31FIN3O10P+. The van der Waals surface area contributed by atoms with Gasteiger partial charge < -0.3 is 19.7 Å². The molecular weight excluding hydrogens is 679 g/mol. The number of H-pyrrole nitrogens is 1. The normalized spacial score (nSPS) is 27.8. The molecule has 0 spiro atoms. The monoisotopic (exact) mass is 710 g/mol. The third-order valence-electron chi connectivity index (χ3n) is 7.06. The van der Waals surface area contributed by atoms with Crippen molar-refractivity contribution >= 4 is 37.1 Å². The lowest BCUT2D eigenvalue weighted by Crippen LogP contribution is -2.49. The third-order valence-corrected chi connectivity index (χ3v) is 8.50. The number of hydrogen-bond donors (Lipinski definition) is 4. The first kappa shape index (κ1) is 31.7. The number of aromatic nitrogens is 2. The van der Waals surface area contributed by atoms with Crippen LogP contribution in [0.25, 0.3) is 0 Å². The zero-order valence-electron chi connectivity index (χ0n) is 22.0. The van der Waals surface area contributed by atoms with Crippen molar-refractivity contribution in [1.29, 1.82) is 0 Å². The molecule has 4 N–H and O–H groups in total. The van der Waals surface area contributed by atoms with Crippen LogP contribution >= 0.6 is 31.1 Å². The van der Waals surface area contributed by atoms with E-state index in [1.54, 1.807) is 18.2 Å². The molecule has 0 radical (unpaired) electrons. The van der Waals surface area contributed by atoms with Crippen molar-refractivity contribution in [2.75, 3.05) is 6.61 Å². The third kappa shape index (κ3) is 7.39. The predicted molar refractivity (Wildman–Crippen MR) is 150 cm³/mol. The Morgan fingerprint density at radius 1 is 1.29 bits per heavy atom. The van der Waals surface area contributed by atoms with Gasteiger partial charge in [-0.2, -0.15) is 0 Å². The van der Waals surface area contributed by atoms with Crippen LogP contribution in [0.1, 0.15) is 50.8 Å². The minimum absolute atomic E-state index is 0.112. The topological polar surface area (TPSA) is 178 Å². The van der Waals surface area contributed by atoms with Gasteiger partial charge >= 0.3 is 19.9 Å². The summed E-state index contributed by atoms with van der Waals surface area (Å²) in [5.74, 6) is -3.41. The number of nitrogens with zero attached hydrogens (tertiary/aromatic N) is 1. The van der Waals surface area contributed by atoms with Gasteiger partial charge in [-0.15, -0.1) is 4.52 Å². The molecule has 6 atom stereocenters. The molecule has 1 aliphatic heterocycles. The Labute approximate surface area is 248 Å². The van der Waals surface area contributed by atoms with E-state index in [0.29, 0.717) is 10.1 Å². The Morgan fingerprint density at radius 2 is 2.00 bits per heavy atom. The second-order valence-electron chi connectivity index (χ2n) is 10.2. The van der Waals surface area contributed by atoms with Crippen LogP contribution in [0.2, 0.25) is 0 Å². The summed E-state index contributed by atoms with van der Waals surface area (Å²) in [4.78, 5) is 38.2. The fourth-order valence-corrected chi connectivity index (χ4v) is 5.98. The quantitative estimate of drug-likeness (QED) is 0.117. The summed E-state index contributed by atoms with van der Waals surface area (Å²) in [5.41, 5.74) is -3.57. The lowest BCUT2D eigenvalue weighted by Gasteiger charge is -2.27. The van der Waals surface area contributed by atoms with E-state index in [1.165, 1.54) is 6.07 Å². The van der Waals surface area contributed by atoms with Crippen molar-refractivity contribution in [2.45, 2.75) is 81.4 Å². The molecule has 224 valence electrons. The van der Waals surface area contributed by atoms with Crippen LogP contribution < -0.4 is 19.3 Å². The smallest absolute Gasteiger partial charge is 0.461 e. The summed E-state index contributed by atoms with van der Waals surface area (Å²) < 4.78 is 53.2. The van der Waals surface area contributed by atoms with Crippen LogP contribution in [-0.2, 0) is 29.8 Å². The summed E-state index contributed by atoms with van der Waals surface area (Å²) >= 11 is 1.86. The van der Waals surface area contributed by atoms with Gasteiger partial charge in [0.25, 0.3) is 11.4 Å². The molecule has 1 unspecified atom stereocenters. The second-order valence-corrected chi connectivity index (χ2v) is 11.7. The first-order chi connectivity index (χ1) is 19.4. The molecule has 1 aromatic carbocycles. The fourth-order valence-electron chi connectivity index (χ4n) is 4.83. The van der Waals surface area contributed by atoms with Crippen molar-refractivity contribution in [2.24, 2.45) is 0 Å². The molecule has 2 heterocycles. The highest BCUT2D eigenvalue weighted by atomic mass is 127. The van der Waals surface area contributed by atoms with Gasteiger partial charge in [0.2, 0.25) is 0 Å². The van der Waals surface area contributed by atoms with E-state index < -0.39 is 61.9 Å². The van der Waals surface area contributed by atoms with Gasteiger partial charge in [-0.1, -0.05) is 24.6 Å². The number of ether oxygens (including phenoxy) is 2. The van der Waals surface area contributed by atoms with Crippen LogP contribution in [0.3, 0.4) is 0 Å². The van der Waals surface area contributed by atoms with Crippen molar-refractivity contribution in [3.05, 3.63) is 62.9 Å². The molecule has 1 aromatic heterocycles. The largest absolute Gasteiger partial charge is 0.750 e. The average Bonchev–Trinajstić information content (AvgIpc) is 3.12. The number of nitrogens with one attached hydrogen (secondary N) is 2. The second kappa shape index (κ2) is 13.4. The zero-order valence-corrected chi connectivity index (χ0v) is 25.1. The highest BCUT2D eigenvalue weighted by molar-refractivity contribution is 14.1. The van der Waals surface area contributed by atoms with Gasteiger partial charge in [0.1, 0.15) is 23.9 Å². The molecule has 41 heavy (non-hydrogen) atoms. The minimum atomic E-state index is -3.10. The summed E-state index contributed by atoms with van der Waals surface area (Å²) in [5, 5.41) is 21.2. The SMILES string of the molecule is C[C@]1(O)[C@H](n2ccc(=O)[nH]c2=O)O[C@](F)(CO[P+](=O)Oc2ccccc2C[C@@H](NI)C(=O)OC2CCCCC2)[C@H]1O. The van der Waals surface area contributed by atoms with E-state index in [0.717, 1.165) is 51.3 Å². The van der Waals surface area contributed by atoms with Gasteiger partial charge in [-0.05, 0) is 38.7 Å². The highest BCUT2D eigenvalue weighted by Gasteiger charge is 2.64. The Kier molecular flexibility index (Phi) is 10.3. The number of aliphatic hydroxyl groups excluding tert-OH is 1. The zero-order chi connectivity index (χ0) is 29.8. The van der Waals surface area contributed by atoms with Crippen molar-refractivity contribution in [1.82, 2.24) is 13.1 Å². The van der Waals surface area contributed by atoms with Crippen LogP contribution in [0.4, 0.5) is 4.39 Å². The van der Waals surface area contributed by atoms with Crippen molar-refractivity contribution in [3.8, 4) is 5.75 Å². The maximum Gasteiger partial charge on any atom is 0.750 e. The number of carbonyl (C=O) groups excluding carboxylic acids is 1. The van der Waals surface area contributed by atoms with Crippen molar-refractivity contribution < 1.29 is 42.5 Å². The molecule has 16 heteroatoms. The van der Waals surface area contributed by atoms with Gasteiger partial charge in [0.15, 0.2) is 18.6 Å². The maximum absolute atomic E-state index is 15.6. The number of esters is 1. The number of hydrogen-bond acceptors (Lipinski definition) is 11. The van der Waals surface area contributed by atoms with Gasteiger partial charge in [0.05, 0.1) is 0 Å². The van der Waals surface area contributed by atoms with Gasteiger partial charge in [-0.3, -0.25) is 19.1 Å².